The van der Waals surface area contributed by atoms with Crippen molar-refractivity contribution >= 4 is 0 Å². The number of aryl methyl sites for hydroxylation is 1. The first-order valence-corrected chi connectivity index (χ1v) is 8.81. The number of aromatic nitrogens is 2. The molecular weight excluding hydrogens is 320 g/mol. The zero-order valence-electron chi connectivity index (χ0n) is 14.5. The maximum atomic E-state index is 9.99. The van der Waals surface area contributed by atoms with Crippen LogP contribution >= 0.6 is 0 Å². The van der Waals surface area contributed by atoms with Gasteiger partial charge >= 0.3 is 0 Å². The van der Waals surface area contributed by atoms with Crippen molar-refractivity contribution < 1.29 is 19.3 Å². The van der Waals surface area contributed by atoms with Crippen LogP contribution in [0.2, 0.25) is 0 Å². The van der Waals surface area contributed by atoms with Gasteiger partial charge in [-0.1, -0.05) is 0 Å². The molecule has 134 valence electrons. The van der Waals surface area contributed by atoms with E-state index in [0.717, 1.165) is 47.8 Å². The van der Waals surface area contributed by atoms with Crippen LogP contribution in [0.4, 0.5) is 0 Å². The summed E-state index contributed by atoms with van der Waals surface area (Å²) in [6.07, 6.45) is 5.52. The minimum atomic E-state index is -0.143. The largest absolute Gasteiger partial charge is 0.486 e. The SMILES string of the molecule is Cc1cc2c(cc1-c1nccn1CC1(CO)CCOCC1)OCCO2. The van der Waals surface area contributed by atoms with Crippen molar-refractivity contribution in [1.29, 1.82) is 0 Å². The van der Waals surface area contributed by atoms with Crippen LogP contribution in [0.25, 0.3) is 11.4 Å². The number of aliphatic hydroxyl groups is 1. The van der Waals surface area contributed by atoms with Crippen molar-refractivity contribution in [1.82, 2.24) is 9.55 Å². The lowest BCUT2D eigenvalue weighted by molar-refractivity contribution is -0.0250. The summed E-state index contributed by atoms with van der Waals surface area (Å²) < 4.78 is 19.0. The van der Waals surface area contributed by atoms with Crippen molar-refractivity contribution in [2.75, 3.05) is 33.0 Å². The van der Waals surface area contributed by atoms with Gasteiger partial charge in [-0.2, -0.15) is 0 Å². The third kappa shape index (κ3) is 3.12. The number of rotatable bonds is 4. The third-order valence-electron chi connectivity index (χ3n) is 5.24. The van der Waals surface area contributed by atoms with Gasteiger partial charge in [-0.05, 0) is 37.5 Å². The molecule has 6 nitrogen and oxygen atoms in total. The second kappa shape index (κ2) is 6.69. The highest BCUT2D eigenvalue weighted by atomic mass is 16.6. The number of ether oxygens (including phenoxy) is 3. The Hall–Kier alpha value is -2.05. The molecule has 1 aromatic carbocycles. The first kappa shape index (κ1) is 16.4. The van der Waals surface area contributed by atoms with Crippen LogP contribution in [-0.2, 0) is 11.3 Å². The van der Waals surface area contributed by atoms with Crippen LogP contribution in [0.3, 0.4) is 0 Å². The molecule has 3 heterocycles. The Bertz CT molecular complexity index is 750. The van der Waals surface area contributed by atoms with Gasteiger partial charge in [-0.25, -0.2) is 4.98 Å². The fourth-order valence-corrected chi connectivity index (χ4v) is 3.64. The Kier molecular flexibility index (Phi) is 4.39. The number of fused-ring (bicyclic) bond motifs is 1. The predicted octanol–water partition coefficient (Wildman–Crippen LogP) is 2.42. The maximum absolute atomic E-state index is 9.99. The zero-order chi connectivity index (χ0) is 17.3. The van der Waals surface area contributed by atoms with E-state index >= 15 is 0 Å². The third-order valence-corrected chi connectivity index (χ3v) is 5.24. The van der Waals surface area contributed by atoms with E-state index in [4.69, 9.17) is 14.2 Å². The molecule has 1 fully saturated rings. The van der Waals surface area contributed by atoms with E-state index in [1.165, 1.54) is 0 Å². The first-order chi connectivity index (χ1) is 12.2. The molecule has 0 amide bonds. The van der Waals surface area contributed by atoms with Gasteiger partial charge in [0, 0.05) is 43.1 Å². The molecule has 0 radical (unpaired) electrons. The fourth-order valence-electron chi connectivity index (χ4n) is 3.64. The van der Waals surface area contributed by atoms with Crippen molar-refractivity contribution in [2.24, 2.45) is 5.41 Å². The van der Waals surface area contributed by atoms with Gasteiger partial charge in [-0.3, -0.25) is 0 Å². The predicted molar refractivity (Wildman–Crippen MR) is 93.0 cm³/mol. The Morgan fingerprint density at radius 2 is 1.84 bits per heavy atom. The molecular formula is C19H24N2O4. The molecule has 1 aromatic heterocycles. The second-order valence-electron chi connectivity index (χ2n) is 6.96. The minimum Gasteiger partial charge on any atom is -0.486 e. The van der Waals surface area contributed by atoms with Crippen LogP contribution in [0.1, 0.15) is 18.4 Å². The summed E-state index contributed by atoms with van der Waals surface area (Å²) in [7, 11) is 0. The molecule has 6 heteroatoms. The summed E-state index contributed by atoms with van der Waals surface area (Å²) in [5.41, 5.74) is 1.99. The van der Waals surface area contributed by atoms with E-state index in [1.54, 1.807) is 0 Å². The summed E-state index contributed by atoms with van der Waals surface area (Å²) in [5, 5.41) is 9.99. The van der Waals surface area contributed by atoms with E-state index in [0.29, 0.717) is 26.4 Å². The minimum absolute atomic E-state index is 0.143. The molecule has 2 aliphatic rings. The lowest BCUT2D eigenvalue weighted by Crippen LogP contribution is -2.37. The zero-order valence-corrected chi connectivity index (χ0v) is 14.5. The summed E-state index contributed by atoms with van der Waals surface area (Å²) >= 11 is 0. The number of hydrogen-bond donors (Lipinski definition) is 1. The van der Waals surface area contributed by atoms with Crippen molar-refractivity contribution in [3.8, 4) is 22.9 Å². The Morgan fingerprint density at radius 1 is 1.12 bits per heavy atom. The normalized spacial score (nSPS) is 19.0. The Balaban J connectivity index is 1.68. The highest BCUT2D eigenvalue weighted by Gasteiger charge is 2.33. The van der Waals surface area contributed by atoms with Gasteiger partial charge in [0.2, 0.25) is 0 Å². The number of aliphatic hydroxyl groups excluding tert-OH is 1. The molecule has 0 unspecified atom stereocenters. The molecule has 25 heavy (non-hydrogen) atoms. The molecule has 2 aliphatic heterocycles. The average molecular weight is 344 g/mol. The van der Waals surface area contributed by atoms with Crippen molar-refractivity contribution in [3.05, 3.63) is 30.1 Å². The standard InChI is InChI=1S/C19H24N2O4/c1-14-10-16-17(25-9-8-24-16)11-15(14)18-20-4-5-21(18)12-19(13-22)2-6-23-7-3-19/h4-5,10-11,22H,2-3,6-9,12-13H2,1H3. The quantitative estimate of drug-likeness (QED) is 0.923. The van der Waals surface area contributed by atoms with Crippen molar-refractivity contribution in [2.45, 2.75) is 26.3 Å². The molecule has 2 aromatic rings. The first-order valence-electron chi connectivity index (χ1n) is 8.81. The van der Waals surface area contributed by atoms with E-state index < -0.39 is 0 Å². The lowest BCUT2D eigenvalue weighted by Gasteiger charge is -2.36. The molecule has 0 spiro atoms. The number of benzene rings is 1. The van der Waals surface area contributed by atoms with E-state index in [2.05, 4.69) is 16.5 Å². The van der Waals surface area contributed by atoms with Crippen LogP contribution in [0.5, 0.6) is 11.5 Å². The Labute approximate surface area is 147 Å². The summed E-state index contributed by atoms with van der Waals surface area (Å²) in [6, 6.07) is 4.03. The van der Waals surface area contributed by atoms with Gasteiger partial charge in [0.05, 0.1) is 6.61 Å². The Morgan fingerprint density at radius 3 is 2.56 bits per heavy atom. The van der Waals surface area contributed by atoms with Crippen LogP contribution in [-0.4, -0.2) is 47.7 Å². The van der Waals surface area contributed by atoms with Gasteiger partial charge in [0.15, 0.2) is 11.5 Å². The average Bonchev–Trinajstić information content (AvgIpc) is 3.09. The molecule has 0 saturated carbocycles. The molecule has 4 rings (SSSR count). The van der Waals surface area contributed by atoms with Crippen LogP contribution in [0.15, 0.2) is 24.5 Å². The van der Waals surface area contributed by atoms with Crippen LogP contribution < -0.4 is 9.47 Å². The monoisotopic (exact) mass is 344 g/mol. The maximum Gasteiger partial charge on any atom is 0.162 e. The number of imidazole rings is 1. The van der Waals surface area contributed by atoms with E-state index in [1.807, 2.05) is 24.5 Å². The fraction of sp³-hybridized carbons (Fsp3) is 0.526. The molecule has 1 N–H and O–H groups in total. The van der Waals surface area contributed by atoms with Gasteiger partial charge in [0.1, 0.15) is 19.0 Å². The second-order valence-corrected chi connectivity index (χ2v) is 6.96. The highest BCUT2D eigenvalue weighted by Crippen LogP contribution is 2.38. The topological polar surface area (TPSA) is 65.7 Å². The number of hydrogen-bond acceptors (Lipinski definition) is 5. The summed E-state index contributed by atoms with van der Waals surface area (Å²) in [4.78, 5) is 4.58. The van der Waals surface area contributed by atoms with E-state index in [9.17, 15) is 5.11 Å². The number of nitrogens with zero attached hydrogens (tertiary/aromatic N) is 2. The smallest absolute Gasteiger partial charge is 0.162 e. The van der Waals surface area contributed by atoms with Gasteiger partial charge in [-0.15, -0.1) is 0 Å². The summed E-state index contributed by atoms with van der Waals surface area (Å²) in [5.74, 6) is 2.46. The molecule has 0 atom stereocenters. The lowest BCUT2D eigenvalue weighted by atomic mass is 9.81. The van der Waals surface area contributed by atoms with Crippen molar-refractivity contribution in [3.63, 3.8) is 0 Å². The molecule has 0 aliphatic carbocycles. The van der Waals surface area contributed by atoms with E-state index in [-0.39, 0.29) is 12.0 Å². The highest BCUT2D eigenvalue weighted by molar-refractivity contribution is 5.66. The van der Waals surface area contributed by atoms with Crippen LogP contribution in [0, 0.1) is 12.3 Å². The van der Waals surface area contributed by atoms with Gasteiger partial charge in [0.25, 0.3) is 0 Å². The molecule has 0 bridgehead atoms. The summed E-state index contributed by atoms with van der Waals surface area (Å²) in [6.45, 7) is 5.51. The molecule has 1 saturated heterocycles. The van der Waals surface area contributed by atoms with Gasteiger partial charge < -0.3 is 23.9 Å².